The predicted octanol–water partition coefficient (Wildman–Crippen LogP) is 3.84. The Morgan fingerprint density at radius 3 is 2.55 bits per heavy atom. The van der Waals surface area contributed by atoms with Crippen LogP contribution in [0.25, 0.3) is 0 Å². The molecule has 29 heavy (non-hydrogen) atoms. The molecule has 0 fully saturated rings. The van der Waals surface area contributed by atoms with E-state index in [0.29, 0.717) is 6.54 Å². The maximum atomic E-state index is 14.1. The molecule has 0 atom stereocenters. The van der Waals surface area contributed by atoms with Crippen molar-refractivity contribution in [3.05, 3.63) is 40.7 Å². The zero-order valence-corrected chi connectivity index (χ0v) is 16.2. The van der Waals surface area contributed by atoms with Crippen LogP contribution in [-0.2, 0) is 4.79 Å². The van der Waals surface area contributed by atoms with E-state index in [1.54, 1.807) is 5.32 Å². The Labute approximate surface area is 166 Å². The number of benzene rings is 1. The zero-order valence-electron chi connectivity index (χ0n) is 16.2. The Morgan fingerprint density at radius 2 is 1.90 bits per heavy atom. The number of carbonyl (C=O) groups excluding carboxylic acids is 2. The van der Waals surface area contributed by atoms with E-state index in [1.807, 2.05) is 0 Å². The van der Waals surface area contributed by atoms with E-state index in [2.05, 4.69) is 16.7 Å². The first-order valence-electron chi connectivity index (χ1n) is 9.49. The molecule has 0 bridgehead atoms. The van der Waals surface area contributed by atoms with Crippen LogP contribution in [0.5, 0.6) is 0 Å². The van der Waals surface area contributed by atoms with Crippen LogP contribution < -0.4 is 16.0 Å². The highest BCUT2D eigenvalue weighted by molar-refractivity contribution is 5.95. The van der Waals surface area contributed by atoms with Gasteiger partial charge in [-0.05, 0) is 51.2 Å². The number of amides is 2. The average molecular weight is 415 g/mol. The van der Waals surface area contributed by atoms with Crippen LogP contribution in [-0.4, -0.2) is 37.6 Å². The maximum absolute atomic E-state index is 14.1. The molecule has 0 heterocycles. The molecule has 0 saturated carbocycles. The number of carbonyl (C=O) groups is 2. The van der Waals surface area contributed by atoms with Gasteiger partial charge in [0.25, 0.3) is 5.91 Å². The number of halogens is 4. The van der Waals surface area contributed by atoms with Crippen molar-refractivity contribution in [2.75, 3.05) is 25.0 Å². The summed E-state index contributed by atoms with van der Waals surface area (Å²) in [4.78, 5) is 23.8. The first-order chi connectivity index (χ1) is 13.7. The van der Waals surface area contributed by atoms with Crippen molar-refractivity contribution in [1.82, 2.24) is 10.6 Å². The summed E-state index contributed by atoms with van der Waals surface area (Å²) in [6, 6.07) is 2.09. The van der Waals surface area contributed by atoms with Gasteiger partial charge < -0.3 is 16.0 Å². The molecule has 0 unspecified atom stereocenters. The van der Waals surface area contributed by atoms with Crippen LogP contribution in [0.15, 0.2) is 23.8 Å². The molecule has 0 radical (unpaired) electrons. The van der Waals surface area contributed by atoms with Gasteiger partial charge in [0.15, 0.2) is 0 Å². The molecule has 9 heteroatoms. The highest BCUT2D eigenvalue weighted by Gasteiger charge is 2.28. The zero-order chi connectivity index (χ0) is 21.4. The molecule has 1 aliphatic rings. The fourth-order valence-electron chi connectivity index (χ4n) is 3.01. The van der Waals surface area contributed by atoms with Gasteiger partial charge in [-0.2, -0.15) is 13.2 Å². The third kappa shape index (κ3) is 7.75. The molecule has 3 N–H and O–H groups in total. The molecular weight excluding hydrogens is 390 g/mol. The lowest BCUT2D eigenvalue weighted by molar-refractivity contribution is -0.123. The monoisotopic (exact) mass is 415 g/mol. The SMILES string of the molecule is Cc1c(F)cc(C(=O)NCC(F)(F)F)cc1NCC(=O)NCCC1=CCCCC1. The first-order valence-corrected chi connectivity index (χ1v) is 9.49. The molecule has 5 nitrogen and oxygen atoms in total. The quantitative estimate of drug-likeness (QED) is 0.446. The average Bonchev–Trinajstić information content (AvgIpc) is 2.67. The van der Waals surface area contributed by atoms with Crippen molar-refractivity contribution in [3.8, 4) is 0 Å². The second kappa shape index (κ2) is 10.3. The van der Waals surface area contributed by atoms with Crippen LogP contribution in [0.1, 0.15) is 48.0 Å². The number of allylic oxidation sites excluding steroid dienone is 1. The van der Waals surface area contributed by atoms with Crippen molar-refractivity contribution in [1.29, 1.82) is 0 Å². The number of nitrogens with one attached hydrogen (secondary N) is 3. The molecule has 2 rings (SSSR count). The number of hydrogen-bond acceptors (Lipinski definition) is 3. The normalized spacial score (nSPS) is 14.2. The molecule has 0 spiro atoms. The lowest BCUT2D eigenvalue weighted by Crippen LogP contribution is -2.34. The highest BCUT2D eigenvalue weighted by Crippen LogP contribution is 2.22. The third-order valence-corrected chi connectivity index (χ3v) is 4.65. The fourth-order valence-corrected chi connectivity index (χ4v) is 3.01. The van der Waals surface area contributed by atoms with Gasteiger partial charge in [-0.3, -0.25) is 9.59 Å². The Hall–Kier alpha value is -2.58. The standard InChI is InChI=1S/C20H25F4N3O2/c1-13-16(21)9-15(19(29)27-12-20(22,23)24)10-17(13)26-11-18(28)25-8-7-14-5-3-2-4-6-14/h5,9-10,26H,2-4,6-8,11-12H2,1H3,(H,25,28)(H,27,29). The van der Waals surface area contributed by atoms with Crippen molar-refractivity contribution >= 4 is 17.5 Å². The van der Waals surface area contributed by atoms with Gasteiger partial charge in [-0.1, -0.05) is 11.6 Å². The minimum absolute atomic E-state index is 0.146. The molecule has 0 saturated heterocycles. The summed E-state index contributed by atoms with van der Waals surface area (Å²) in [5.41, 5.74) is 1.41. The lowest BCUT2D eigenvalue weighted by atomic mass is 9.97. The van der Waals surface area contributed by atoms with E-state index in [4.69, 9.17) is 0 Å². The fraction of sp³-hybridized carbons (Fsp3) is 0.500. The van der Waals surface area contributed by atoms with Crippen LogP contribution in [0.2, 0.25) is 0 Å². The Bertz CT molecular complexity index is 776. The Kier molecular flexibility index (Phi) is 8.04. The van der Waals surface area contributed by atoms with Gasteiger partial charge in [0.2, 0.25) is 5.91 Å². The van der Waals surface area contributed by atoms with E-state index in [9.17, 15) is 27.2 Å². The van der Waals surface area contributed by atoms with E-state index in [1.165, 1.54) is 31.4 Å². The molecule has 160 valence electrons. The van der Waals surface area contributed by atoms with Gasteiger partial charge in [-0.25, -0.2) is 4.39 Å². The second-order valence-corrected chi connectivity index (χ2v) is 6.99. The molecule has 1 aromatic rings. The van der Waals surface area contributed by atoms with Crippen molar-refractivity contribution in [3.63, 3.8) is 0 Å². The van der Waals surface area contributed by atoms with Crippen LogP contribution in [0, 0.1) is 12.7 Å². The molecule has 0 aromatic heterocycles. The van der Waals surface area contributed by atoms with Crippen LogP contribution in [0.4, 0.5) is 23.2 Å². The van der Waals surface area contributed by atoms with Gasteiger partial charge in [0.1, 0.15) is 12.4 Å². The van der Waals surface area contributed by atoms with Crippen molar-refractivity contribution in [2.24, 2.45) is 0 Å². The van der Waals surface area contributed by atoms with E-state index < -0.39 is 24.4 Å². The number of hydrogen-bond donors (Lipinski definition) is 3. The smallest absolute Gasteiger partial charge is 0.376 e. The largest absolute Gasteiger partial charge is 0.405 e. The summed E-state index contributed by atoms with van der Waals surface area (Å²) < 4.78 is 50.8. The Balaban J connectivity index is 1.88. The van der Waals surface area contributed by atoms with E-state index >= 15 is 0 Å². The molecular formula is C20H25F4N3O2. The summed E-state index contributed by atoms with van der Waals surface area (Å²) in [5, 5.41) is 7.20. The minimum atomic E-state index is -4.56. The molecule has 2 amide bonds. The predicted molar refractivity (Wildman–Crippen MR) is 102 cm³/mol. The van der Waals surface area contributed by atoms with Gasteiger partial charge >= 0.3 is 6.18 Å². The van der Waals surface area contributed by atoms with Crippen LogP contribution in [0.3, 0.4) is 0 Å². The summed E-state index contributed by atoms with van der Waals surface area (Å²) in [5.74, 6) is -2.10. The summed E-state index contributed by atoms with van der Waals surface area (Å²) in [7, 11) is 0. The topological polar surface area (TPSA) is 70.2 Å². The maximum Gasteiger partial charge on any atom is 0.405 e. The van der Waals surface area contributed by atoms with Gasteiger partial charge in [0, 0.05) is 23.4 Å². The summed E-state index contributed by atoms with van der Waals surface area (Å²) in [6.45, 7) is 0.290. The third-order valence-electron chi connectivity index (χ3n) is 4.65. The van der Waals surface area contributed by atoms with E-state index in [-0.39, 0.29) is 29.3 Å². The summed E-state index contributed by atoms with van der Waals surface area (Å²) >= 11 is 0. The lowest BCUT2D eigenvalue weighted by Gasteiger charge is -2.15. The molecule has 0 aliphatic heterocycles. The molecule has 1 aromatic carbocycles. The Morgan fingerprint density at radius 1 is 1.14 bits per heavy atom. The number of anilines is 1. The molecule has 1 aliphatic carbocycles. The van der Waals surface area contributed by atoms with Crippen molar-refractivity contribution < 1.29 is 27.2 Å². The second-order valence-electron chi connectivity index (χ2n) is 6.99. The van der Waals surface area contributed by atoms with Gasteiger partial charge in [0.05, 0.1) is 6.54 Å². The van der Waals surface area contributed by atoms with E-state index in [0.717, 1.165) is 25.3 Å². The minimum Gasteiger partial charge on any atom is -0.376 e. The summed E-state index contributed by atoms with van der Waals surface area (Å²) in [6.07, 6.45) is 2.91. The first kappa shape index (κ1) is 22.7. The number of rotatable bonds is 8. The van der Waals surface area contributed by atoms with Gasteiger partial charge in [-0.15, -0.1) is 0 Å². The van der Waals surface area contributed by atoms with Crippen molar-refractivity contribution in [2.45, 2.75) is 45.2 Å². The number of alkyl halides is 3. The highest BCUT2D eigenvalue weighted by atomic mass is 19.4. The van der Waals surface area contributed by atoms with Crippen LogP contribution >= 0.6 is 0 Å².